The standard InChI is InChI=1S/C14H9BrF2N2O/c15-7-1-3-11-9(5-7)13(14(20)19-11)18-12-4-2-8(16)6-10(12)17/h1-6,13,18H,(H,19,20). The van der Waals surface area contributed by atoms with Crippen LogP contribution in [-0.4, -0.2) is 5.91 Å². The number of halogens is 3. The minimum atomic E-state index is -0.735. The van der Waals surface area contributed by atoms with E-state index in [4.69, 9.17) is 0 Å². The summed E-state index contributed by atoms with van der Waals surface area (Å²) in [5.74, 6) is -1.67. The van der Waals surface area contributed by atoms with Crippen molar-refractivity contribution < 1.29 is 13.6 Å². The van der Waals surface area contributed by atoms with Gasteiger partial charge in [-0.3, -0.25) is 4.79 Å². The highest BCUT2D eigenvalue weighted by molar-refractivity contribution is 9.10. The van der Waals surface area contributed by atoms with Gasteiger partial charge in [0.05, 0.1) is 5.69 Å². The summed E-state index contributed by atoms with van der Waals surface area (Å²) in [5, 5.41) is 5.50. The highest BCUT2D eigenvalue weighted by atomic mass is 79.9. The van der Waals surface area contributed by atoms with Crippen LogP contribution in [0, 0.1) is 11.6 Å². The second-order valence-electron chi connectivity index (χ2n) is 4.42. The molecule has 1 amide bonds. The lowest BCUT2D eigenvalue weighted by atomic mass is 10.1. The molecule has 2 N–H and O–H groups in total. The number of hydrogen-bond acceptors (Lipinski definition) is 2. The zero-order chi connectivity index (χ0) is 14.3. The van der Waals surface area contributed by atoms with Crippen LogP contribution in [0.5, 0.6) is 0 Å². The van der Waals surface area contributed by atoms with Crippen molar-refractivity contribution in [2.45, 2.75) is 6.04 Å². The fourth-order valence-corrected chi connectivity index (χ4v) is 2.52. The second kappa shape index (κ2) is 4.86. The number of carbonyl (C=O) groups is 1. The molecule has 1 heterocycles. The van der Waals surface area contributed by atoms with Crippen LogP contribution in [0.2, 0.25) is 0 Å². The Morgan fingerprint density at radius 1 is 1.15 bits per heavy atom. The Morgan fingerprint density at radius 3 is 2.70 bits per heavy atom. The average molecular weight is 339 g/mol. The topological polar surface area (TPSA) is 41.1 Å². The number of rotatable bonds is 2. The molecule has 6 heteroatoms. The summed E-state index contributed by atoms with van der Waals surface area (Å²) >= 11 is 3.33. The van der Waals surface area contributed by atoms with E-state index in [1.807, 2.05) is 0 Å². The molecule has 1 atom stereocenters. The summed E-state index contributed by atoms with van der Waals surface area (Å²) in [6.07, 6.45) is 0. The molecule has 20 heavy (non-hydrogen) atoms. The van der Waals surface area contributed by atoms with E-state index in [9.17, 15) is 13.6 Å². The molecule has 0 fully saturated rings. The fourth-order valence-electron chi connectivity index (χ4n) is 2.14. The van der Waals surface area contributed by atoms with Gasteiger partial charge in [-0.2, -0.15) is 0 Å². The Labute approximate surface area is 122 Å². The molecular weight excluding hydrogens is 330 g/mol. The van der Waals surface area contributed by atoms with E-state index in [1.54, 1.807) is 18.2 Å². The molecule has 0 aliphatic carbocycles. The smallest absolute Gasteiger partial charge is 0.251 e. The van der Waals surface area contributed by atoms with Crippen LogP contribution in [0.4, 0.5) is 20.2 Å². The van der Waals surface area contributed by atoms with Crippen molar-refractivity contribution in [3.8, 4) is 0 Å². The van der Waals surface area contributed by atoms with E-state index in [2.05, 4.69) is 26.6 Å². The van der Waals surface area contributed by atoms with Crippen LogP contribution in [0.25, 0.3) is 0 Å². The molecule has 2 aromatic rings. The Morgan fingerprint density at radius 2 is 1.95 bits per heavy atom. The molecular formula is C14H9BrF2N2O. The Kier molecular flexibility index (Phi) is 3.17. The highest BCUT2D eigenvalue weighted by Crippen LogP contribution is 2.35. The van der Waals surface area contributed by atoms with Gasteiger partial charge in [0.1, 0.15) is 17.7 Å². The summed E-state index contributed by atoms with van der Waals surface area (Å²) in [6, 6.07) is 7.83. The van der Waals surface area contributed by atoms with Crippen LogP contribution in [0.15, 0.2) is 40.9 Å². The lowest BCUT2D eigenvalue weighted by Crippen LogP contribution is -2.20. The molecule has 1 aliphatic rings. The van der Waals surface area contributed by atoms with Crippen molar-refractivity contribution in [2.75, 3.05) is 10.6 Å². The second-order valence-corrected chi connectivity index (χ2v) is 5.34. The van der Waals surface area contributed by atoms with Gasteiger partial charge in [-0.15, -0.1) is 0 Å². The first kappa shape index (κ1) is 13.1. The van der Waals surface area contributed by atoms with E-state index in [0.717, 1.165) is 16.6 Å². The molecule has 0 aromatic heterocycles. The maximum Gasteiger partial charge on any atom is 0.251 e. The van der Waals surface area contributed by atoms with Crippen molar-refractivity contribution in [2.24, 2.45) is 0 Å². The molecule has 3 rings (SSSR count). The summed E-state index contributed by atoms with van der Waals surface area (Å²) in [4.78, 5) is 11.9. The molecule has 0 saturated heterocycles. The molecule has 0 radical (unpaired) electrons. The lowest BCUT2D eigenvalue weighted by molar-refractivity contribution is -0.116. The van der Waals surface area contributed by atoms with Gasteiger partial charge in [0, 0.05) is 21.8 Å². The normalized spacial score (nSPS) is 16.8. The maximum absolute atomic E-state index is 13.6. The molecule has 2 aromatic carbocycles. The molecule has 0 saturated carbocycles. The van der Waals surface area contributed by atoms with Crippen molar-refractivity contribution in [1.29, 1.82) is 0 Å². The number of fused-ring (bicyclic) bond motifs is 1. The zero-order valence-electron chi connectivity index (χ0n) is 10.1. The van der Waals surface area contributed by atoms with Crippen LogP contribution in [-0.2, 0) is 4.79 Å². The van der Waals surface area contributed by atoms with Gasteiger partial charge in [0.25, 0.3) is 5.91 Å². The number of amides is 1. The predicted molar refractivity (Wildman–Crippen MR) is 75.5 cm³/mol. The van der Waals surface area contributed by atoms with E-state index >= 15 is 0 Å². The Bertz CT molecular complexity index is 706. The Hall–Kier alpha value is -1.95. The molecule has 0 spiro atoms. The monoisotopic (exact) mass is 338 g/mol. The third kappa shape index (κ3) is 2.27. The average Bonchev–Trinajstić information content (AvgIpc) is 2.69. The number of anilines is 2. The third-order valence-electron chi connectivity index (χ3n) is 3.08. The molecule has 102 valence electrons. The first-order valence-electron chi connectivity index (χ1n) is 5.86. The first-order valence-corrected chi connectivity index (χ1v) is 6.66. The van der Waals surface area contributed by atoms with Gasteiger partial charge >= 0.3 is 0 Å². The first-order chi connectivity index (χ1) is 9.54. The van der Waals surface area contributed by atoms with Crippen LogP contribution >= 0.6 is 15.9 Å². The van der Waals surface area contributed by atoms with Crippen LogP contribution in [0.3, 0.4) is 0 Å². The minimum absolute atomic E-state index is 0.0828. The number of nitrogens with one attached hydrogen (secondary N) is 2. The van der Waals surface area contributed by atoms with Gasteiger partial charge in [-0.25, -0.2) is 8.78 Å². The van der Waals surface area contributed by atoms with E-state index in [-0.39, 0.29) is 11.6 Å². The summed E-state index contributed by atoms with van der Waals surface area (Å²) in [7, 11) is 0. The van der Waals surface area contributed by atoms with E-state index in [1.165, 1.54) is 6.07 Å². The molecule has 3 nitrogen and oxygen atoms in total. The van der Waals surface area contributed by atoms with E-state index < -0.39 is 17.7 Å². The van der Waals surface area contributed by atoms with E-state index in [0.29, 0.717) is 11.3 Å². The van der Waals surface area contributed by atoms with Crippen molar-refractivity contribution in [3.63, 3.8) is 0 Å². The maximum atomic E-state index is 13.6. The van der Waals surface area contributed by atoms with Gasteiger partial charge in [-0.1, -0.05) is 15.9 Å². The van der Waals surface area contributed by atoms with Crippen LogP contribution in [0.1, 0.15) is 11.6 Å². The fraction of sp³-hybridized carbons (Fsp3) is 0.0714. The number of benzene rings is 2. The lowest BCUT2D eigenvalue weighted by Gasteiger charge is -2.14. The van der Waals surface area contributed by atoms with Crippen molar-refractivity contribution in [1.82, 2.24) is 0 Å². The summed E-state index contributed by atoms with van der Waals surface area (Å²) in [6.45, 7) is 0. The Balaban J connectivity index is 1.95. The number of carbonyl (C=O) groups excluding carboxylic acids is 1. The van der Waals surface area contributed by atoms with Gasteiger partial charge in [-0.05, 0) is 30.3 Å². The SMILES string of the molecule is O=C1Nc2ccc(Br)cc2C1Nc1ccc(F)cc1F. The minimum Gasteiger partial charge on any atom is -0.368 e. The van der Waals surface area contributed by atoms with Crippen molar-refractivity contribution >= 4 is 33.2 Å². The summed E-state index contributed by atoms with van der Waals surface area (Å²) in [5.41, 5.74) is 1.48. The third-order valence-corrected chi connectivity index (χ3v) is 3.57. The molecule has 1 unspecified atom stereocenters. The number of hydrogen-bond donors (Lipinski definition) is 2. The summed E-state index contributed by atoms with van der Waals surface area (Å²) < 4.78 is 27.3. The predicted octanol–water partition coefficient (Wildman–Crippen LogP) is 3.83. The largest absolute Gasteiger partial charge is 0.368 e. The van der Waals surface area contributed by atoms with Crippen molar-refractivity contribution in [3.05, 3.63) is 58.1 Å². The highest BCUT2D eigenvalue weighted by Gasteiger charge is 2.31. The molecule has 1 aliphatic heterocycles. The van der Waals surface area contributed by atoms with Gasteiger partial charge < -0.3 is 10.6 Å². The van der Waals surface area contributed by atoms with Gasteiger partial charge in [0.2, 0.25) is 0 Å². The zero-order valence-corrected chi connectivity index (χ0v) is 11.7. The quantitative estimate of drug-likeness (QED) is 0.873. The molecule has 0 bridgehead atoms. The van der Waals surface area contributed by atoms with Gasteiger partial charge in [0.15, 0.2) is 0 Å². The van der Waals surface area contributed by atoms with Crippen LogP contribution < -0.4 is 10.6 Å².